The van der Waals surface area contributed by atoms with E-state index in [9.17, 15) is 9.59 Å². The first-order chi connectivity index (χ1) is 16.7. The van der Waals surface area contributed by atoms with E-state index >= 15 is 0 Å². The molecule has 4 rings (SSSR count). The average Bonchev–Trinajstić information content (AvgIpc) is 3.54. The fraction of sp³-hybridized carbons (Fsp3) is 0.455. The number of hydrogen-bond acceptors (Lipinski definition) is 8. The Kier molecular flexibility index (Phi) is 7.70. The third kappa shape index (κ3) is 5.18. The summed E-state index contributed by atoms with van der Waals surface area (Å²) in [7, 11) is 3.45. The summed E-state index contributed by atoms with van der Waals surface area (Å²) in [5.74, 6) is -0.777. The third-order valence-electron chi connectivity index (χ3n) is 5.75. The van der Waals surface area contributed by atoms with Crippen LogP contribution in [0.25, 0.3) is 11.4 Å². The van der Waals surface area contributed by atoms with E-state index in [1.54, 1.807) is 38.0 Å². The Morgan fingerprint density at radius 1 is 1.34 bits per heavy atom. The minimum atomic E-state index is -0.431. The Balaban J connectivity index is 1.53. The molecule has 0 radical (unpaired) electrons. The maximum absolute atomic E-state index is 12.8. The van der Waals surface area contributed by atoms with Crippen LogP contribution in [-0.2, 0) is 16.5 Å². The summed E-state index contributed by atoms with van der Waals surface area (Å²) in [6.45, 7) is 4.84. The Bertz CT molecular complexity index is 1240. The summed E-state index contributed by atoms with van der Waals surface area (Å²) in [6, 6.07) is -0.248. The molecule has 35 heavy (non-hydrogen) atoms. The molecule has 0 unspecified atom stereocenters. The van der Waals surface area contributed by atoms with Gasteiger partial charge < -0.3 is 29.2 Å². The van der Waals surface area contributed by atoms with Gasteiger partial charge in [0, 0.05) is 39.1 Å². The highest BCUT2D eigenvalue weighted by atomic mass is 35.5. The number of aryl methyl sites for hydroxylation is 2. The van der Waals surface area contributed by atoms with Crippen molar-refractivity contribution in [3.05, 3.63) is 38.8 Å². The second kappa shape index (κ2) is 10.6. The number of hydrogen-bond donors (Lipinski definition) is 2. The van der Waals surface area contributed by atoms with Gasteiger partial charge in [-0.1, -0.05) is 34.5 Å². The number of H-pyrrole nitrogens is 1. The highest BCUT2D eigenvalue weighted by Crippen LogP contribution is 2.35. The second-order valence-electron chi connectivity index (χ2n) is 8.16. The summed E-state index contributed by atoms with van der Waals surface area (Å²) in [4.78, 5) is 39.9. The molecule has 2 N–H and O–H groups in total. The predicted molar refractivity (Wildman–Crippen MR) is 135 cm³/mol. The molecule has 1 aliphatic rings. The second-order valence-corrected chi connectivity index (χ2v) is 9.89. The van der Waals surface area contributed by atoms with Crippen molar-refractivity contribution in [3.63, 3.8) is 0 Å². The number of rotatable bonds is 7. The summed E-state index contributed by atoms with van der Waals surface area (Å²) in [5, 5.41) is 4.19. The number of aromatic nitrogens is 4. The highest BCUT2D eigenvalue weighted by molar-refractivity contribution is 7.17. The van der Waals surface area contributed by atoms with E-state index < -0.39 is 5.97 Å². The molecular weight excluding hydrogens is 515 g/mol. The Morgan fingerprint density at radius 3 is 2.71 bits per heavy atom. The molecule has 1 fully saturated rings. The van der Waals surface area contributed by atoms with Crippen molar-refractivity contribution in [1.29, 1.82) is 0 Å². The molecule has 13 heteroatoms. The molecule has 0 aliphatic carbocycles. The first kappa shape index (κ1) is 25.5. The molecular formula is C22H26Cl2N6O4S. The smallest absolute Gasteiger partial charge is 0.350 e. The van der Waals surface area contributed by atoms with Crippen LogP contribution in [0.5, 0.6) is 0 Å². The zero-order valence-electron chi connectivity index (χ0n) is 19.7. The minimum absolute atomic E-state index is 0.199. The van der Waals surface area contributed by atoms with Crippen molar-refractivity contribution in [3.8, 4) is 11.4 Å². The maximum atomic E-state index is 12.8. The van der Waals surface area contributed by atoms with Crippen LogP contribution in [0.3, 0.4) is 0 Å². The van der Waals surface area contributed by atoms with Gasteiger partial charge >= 0.3 is 5.97 Å². The molecule has 0 bridgehead atoms. The average molecular weight is 541 g/mol. The normalized spacial score (nSPS) is 18.1. The van der Waals surface area contributed by atoms with Gasteiger partial charge in [0.15, 0.2) is 5.13 Å². The minimum Gasteiger partial charge on any atom is -0.462 e. The fourth-order valence-electron chi connectivity index (χ4n) is 3.95. The van der Waals surface area contributed by atoms with Gasteiger partial charge in [0.2, 0.25) is 0 Å². The molecule has 0 spiro atoms. The standard InChI is InChI=1S/C22H26Cl2N6O4S/c1-5-34-21(32)19-17(13-8-29(3)10-25-13)28-22(35-19)30-7-6-12(14(9-30)33-4)27-20(31)18-16(24)15(23)11(2)26-18/h8,10,12,14,26H,5-7,9H2,1-4H3,(H,27,31)/t12-,14+/m1/s1. The number of halogens is 2. The van der Waals surface area contributed by atoms with Gasteiger partial charge in [-0.3, -0.25) is 4.79 Å². The number of ether oxygens (including phenoxy) is 2. The van der Waals surface area contributed by atoms with Gasteiger partial charge in [0.1, 0.15) is 22.0 Å². The molecule has 2 atom stereocenters. The number of carbonyl (C=O) groups excluding carboxylic acids is 2. The number of methoxy groups -OCH3 is 1. The molecule has 3 aromatic heterocycles. The van der Waals surface area contributed by atoms with E-state index in [4.69, 9.17) is 37.7 Å². The van der Waals surface area contributed by atoms with Crippen molar-refractivity contribution in [1.82, 2.24) is 24.8 Å². The number of nitrogens with zero attached hydrogens (tertiary/aromatic N) is 4. The molecule has 0 saturated carbocycles. The number of imidazole rings is 1. The highest BCUT2D eigenvalue weighted by Gasteiger charge is 2.34. The summed E-state index contributed by atoms with van der Waals surface area (Å²) in [6.07, 6.45) is 3.75. The van der Waals surface area contributed by atoms with E-state index in [0.29, 0.717) is 51.6 Å². The van der Waals surface area contributed by atoms with Gasteiger partial charge in [-0.15, -0.1) is 0 Å². The van der Waals surface area contributed by atoms with Gasteiger partial charge in [0.25, 0.3) is 5.91 Å². The van der Waals surface area contributed by atoms with E-state index in [-0.39, 0.29) is 35.4 Å². The van der Waals surface area contributed by atoms with Crippen LogP contribution < -0.4 is 10.2 Å². The quantitative estimate of drug-likeness (QED) is 0.439. The molecule has 0 aromatic carbocycles. The molecule has 188 valence electrons. The van der Waals surface area contributed by atoms with Crippen LogP contribution in [0.2, 0.25) is 10.0 Å². The summed E-state index contributed by atoms with van der Waals surface area (Å²) < 4.78 is 12.7. The number of aromatic amines is 1. The zero-order valence-corrected chi connectivity index (χ0v) is 22.1. The van der Waals surface area contributed by atoms with Crippen molar-refractivity contribution >= 4 is 51.5 Å². The molecule has 3 aromatic rings. The van der Waals surface area contributed by atoms with Gasteiger partial charge in [-0.2, -0.15) is 0 Å². The Labute approximate surface area is 216 Å². The number of carbonyl (C=O) groups is 2. The topological polar surface area (TPSA) is 114 Å². The van der Waals surface area contributed by atoms with Gasteiger partial charge in [-0.25, -0.2) is 14.8 Å². The van der Waals surface area contributed by atoms with E-state index in [2.05, 4.69) is 15.3 Å². The molecule has 10 nitrogen and oxygen atoms in total. The Morgan fingerprint density at radius 2 is 2.11 bits per heavy atom. The van der Waals surface area contributed by atoms with E-state index in [1.165, 1.54) is 11.3 Å². The van der Waals surface area contributed by atoms with Gasteiger partial charge in [0.05, 0.1) is 35.1 Å². The van der Waals surface area contributed by atoms with Crippen LogP contribution in [0, 0.1) is 6.92 Å². The summed E-state index contributed by atoms with van der Waals surface area (Å²) >= 11 is 13.6. The number of amides is 1. The van der Waals surface area contributed by atoms with Crippen LogP contribution in [0.15, 0.2) is 12.5 Å². The molecule has 1 amide bonds. The number of anilines is 1. The van der Waals surface area contributed by atoms with Crippen LogP contribution >= 0.6 is 34.5 Å². The van der Waals surface area contributed by atoms with E-state index in [1.807, 2.05) is 11.9 Å². The van der Waals surface area contributed by atoms with Crippen molar-refractivity contribution in [2.24, 2.45) is 7.05 Å². The molecule has 1 aliphatic heterocycles. The maximum Gasteiger partial charge on any atom is 0.350 e. The number of esters is 1. The number of thiazole rings is 1. The lowest BCUT2D eigenvalue weighted by molar-refractivity contribution is 0.0531. The number of piperidine rings is 1. The summed E-state index contributed by atoms with van der Waals surface area (Å²) in [5.41, 5.74) is 1.94. The third-order valence-corrected chi connectivity index (χ3v) is 7.80. The zero-order chi connectivity index (χ0) is 25.3. The molecule has 1 saturated heterocycles. The predicted octanol–water partition coefficient (Wildman–Crippen LogP) is 3.69. The Hall–Kier alpha value is -2.60. The monoisotopic (exact) mass is 540 g/mol. The largest absolute Gasteiger partial charge is 0.462 e. The lowest BCUT2D eigenvalue weighted by Gasteiger charge is -2.37. The van der Waals surface area contributed by atoms with Crippen LogP contribution in [0.4, 0.5) is 5.13 Å². The van der Waals surface area contributed by atoms with Crippen molar-refractivity contribution < 1.29 is 19.1 Å². The lowest BCUT2D eigenvalue weighted by atomic mass is 10.0. The van der Waals surface area contributed by atoms with E-state index in [0.717, 1.165) is 0 Å². The molecule has 4 heterocycles. The first-order valence-electron chi connectivity index (χ1n) is 11.0. The fourth-order valence-corrected chi connectivity index (χ4v) is 5.37. The van der Waals surface area contributed by atoms with Crippen molar-refractivity contribution in [2.75, 3.05) is 31.7 Å². The van der Waals surface area contributed by atoms with Crippen LogP contribution in [-0.4, -0.2) is 70.3 Å². The van der Waals surface area contributed by atoms with Gasteiger partial charge in [-0.05, 0) is 20.3 Å². The van der Waals surface area contributed by atoms with Crippen molar-refractivity contribution in [2.45, 2.75) is 32.4 Å². The number of nitrogens with one attached hydrogen (secondary N) is 2. The lowest BCUT2D eigenvalue weighted by Crippen LogP contribution is -2.55. The SMILES string of the molecule is CCOC(=O)c1sc(N2CC[C@@H](NC(=O)c3[nH]c(C)c(Cl)c3Cl)[C@@H](OC)C2)nc1-c1cn(C)cn1. The first-order valence-corrected chi connectivity index (χ1v) is 12.6. The van der Waals surface area contributed by atoms with Crippen LogP contribution in [0.1, 0.15) is 39.2 Å².